The molecule has 0 fully saturated rings. The first-order valence-corrected chi connectivity index (χ1v) is 4.38. The molecule has 0 aliphatic carbocycles. The fraction of sp³-hybridized carbons (Fsp3) is 0. The Bertz CT molecular complexity index is 129. The van der Waals surface area contributed by atoms with Gasteiger partial charge in [0, 0.05) is 0 Å². The molecule has 0 aromatic heterocycles. The summed E-state index contributed by atoms with van der Waals surface area (Å²) in [6.45, 7) is 0. The van der Waals surface area contributed by atoms with E-state index in [1.165, 1.54) is 0 Å². The SMILES string of the molecule is O=P([O-])([O-])[O-].O=P([O-])([O-])[O-].[Mn+2].[Si+4]. The van der Waals surface area contributed by atoms with E-state index in [1.54, 1.807) is 0 Å². The molecule has 8 nitrogen and oxygen atoms in total. The molecule has 69 valence electrons. The maximum absolute atomic E-state index is 8.55. The van der Waals surface area contributed by atoms with Crippen LogP contribution in [0, 0.1) is 0 Å². The van der Waals surface area contributed by atoms with Crippen LogP contribution in [-0.4, -0.2) is 11.0 Å². The summed E-state index contributed by atoms with van der Waals surface area (Å²) >= 11 is 0. The van der Waals surface area contributed by atoms with Crippen molar-refractivity contribution in [2.45, 2.75) is 0 Å². The minimum Gasteiger partial charge on any atom is -0.822 e. The van der Waals surface area contributed by atoms with Crippen molar-refractivity contribution in [2.75, 3.05) is 0 Å². The van der Waals surface area contributed by atoms with Crippen molar-refractivity contribution >= 4 is 26.6 Å². The van der Waals surface area contributed by atoms with Gasteiger partial charge in [-0.25, -0.2) is 0 Å². The van der Waals surface area contributed by atoms with Crippen molar-refractivity contribution in [3.8, 4) is 0 Å². The van der Waals surface area contributed by atoms with Gasteiger partial charge in [0.05, 0.1) is 0 Å². The van der Waals surface area contributed by atoms with E-state index in [2.05, 4.69) is 0 Å². The van der Waals surface area contributed by atoms with Gasteiger partial charge in [-0.2, -0.15) is 15.6 Å². The summed E-state index contributed by atoms with van der Waals surface area (Å²) < 4.78 is 17.1. The average molecular weight is 273 g/mol. The minimum absolute atomic E-state index is 0. The van der Waals surface area contributed by atoms with Gasteiger partial charge in [0.25, 0.3) is 0 Å². The van der Waals surface area contributed by atoms with Gasteiger partial charge >= 0.3 is 28.0 Å². The molecule has 0 amide bonds. The monoisotopic (exact) mass is 273 g/mol. The van der Waals surface area contributed by atoms with Crippen molar-refractivity contribution in [3.63, 3.8) is 0 Å². The molecule has 12 heteroatoms. The molecule has 0 saturated carbocycles. The van der Waals surface area contributed by atoms with Gasteiger partial charge in [-0.15, -0.1) is 0 Å². The zero-order valence-electron chi connectivity index (χ0n) is 5.04. The first-order valence-electron chi connectivity index (χ1n) is 1.46. The number of rotatable bonds is 0. The first-order chi connectivity index (χ1) is 4.00. The molecule has 0 aromatic rings. The summed E-state index contributed by atoms with van der Waals surface area (Å²) in [4.78, 5) is 51.3. The van der Waals surface area contributed by atoms with Crippen LogP contribution >= 0.6 is 15.6 Å². The van der Waals surface area contributed by atoms with Crippen LogP contribution in [0.4, 0.5) is 0 Å². The zero-order valence-corrected chi connectivity index (χ0v) is 9.01. The maximum atomic E-state index is 8.55. The number of hydrogen-bond donors (Lipinski definition) is 0. The van der Waals surface area contributed by atoms with Crippen molar-refractivity contribution in [1.82, 2.24) is 0 Å². The fourth-order valence-corrected chi connectivity index (χ4v) is 0. The zero-order chi connectivity index (χ0) is 9.00. The third-order valence-corrected chi connectivity index (χ3v) is 0. The van der Waals surface area contributed by atoms with E-state index in [0.29, 0.717) is 0 Å². The van der Waals surface area contributed by atoms with Crippen LogP contribution in [0.2, 0.25) is 0 Å². The molecule has 0 heterocycles. The summed E-state index contributed by atoms with van der Waals surface area (Å²) in [5, 5.41) is 0. The molecule has 0 aromatic carbocycles. The summed E-state index contributed by atoms with van der Waals surface area (Å²) in [5.41, 5.74) is 0. The smallest absolute Gasteiger partial charge is 0.822 e. The van der Waals surface area contributed by atoms with Crippen LogP contribution in [0.3, 0.4) is 0 Å². The van der Waals surface area contributed by atoms with Crippen LogP contribution < -0.4 is 29.4 Å². The Kier molecular flexibility index (Phi) is 16.5. The summed E-state index contributed by atoms with van der Waals surface area (Å²) in [6.07, 6.45) is 0. The van der Waals surface area contributed by atoms with E-state index in [9.17, 15) is 0 Å². The summed E-state index contributed by atoms with van der Waals surface area (Å²) in [6, 6.07) is 0. The van der Waals surface area contributed by atoms with Crippen molar-refractivity contribution in [1.29, 1.82) is 0 Å². The molecule has 12 heavy (non-hydrogen) atoms. The second-order valence-corrected chi connectivity index (χ2v) is 2.68. The van der Waals surface area contributed by atoms with E-state index < -0.39 is 15.6 Å². The number of phosphoric acid groups is 2. The predicted molar refractivity (Wildman–Crippen MR) is 21.0 cm³/mol. The molecular weight excluding hydrogens is 273 g/mol. The second kappa shape index (κ2) is 8.55. The molecule has 0 spiro atoms. The number of hydrogen-bond acceptors (Lipinski definition) is 8. The van der Waals surface area contributed by atoms with Crippen LogP contribution in [0.25, 0.3) is 0 Å². The minimum atomic E-state index is -5.39. The van der Waals surface area contributed by atoms with Crippen molar-refractivity contribution in [3.05, 3.63) is 0 Å². The van der Waals surface area contributed by atoms with Crippen LogP contribution in [0.5, 0.6) is 0 Å². The van der Waals surface area contributed by atoms with Crippen LogP contribution in [0.15, 0.2) is 0 Å². The van der Waals surface area contributed by atoms with Gasteiger partial charge in [-0.05, 0) is 0 Å². The Morgan fingerprint density at radius 1 is 0.667 bits per heavy atom. The summed E-state index contributed by atoms with van der Waals surface area (Å²) in [7, 11) is -10.8. The molecular formula is MnO8P2Si. The van der Waals surface area contributed by atoms with E-state index in [4.69, 9.17) is 38.5 Å². The van der Waals surface area contributed by atoms with E-state index >= 15 is 0 Å². The molecule has 0 aliphatic rings. The molecule has 0 aliphatic heterocycles. The van der Waals surface area contributed by atoms with Gasteiger partial charge in [0.2, 0.25) is 0 Å². The topological polar surface area (TPSA) is 172 Å². The van der Waals surface area contributed by atoms with Crippen molar-refractivity contribution < 1.29 is 55.6 Å². The molecule has 0 saturated heterocycles. The normalized spacial score (nSPS) is 9.83. The molecule has 0 rings (SSSR count). The van der Waals surface area contributed by atoms with E-state index in [-0.39, 0.29) is 28.0 Å². The third-order valence-electron chi connectivity index (χ3n) is 0. The van der Waals surface area contributed by atoms with Gasteiger partial charge in [-0.1, -0.05) is 0 Å². The molecule has 0 atom stereocenters. The van der Waals surface area contributed by atoms with Gasteiger partial charge in [0.1, 0.15) is 0 Å². The van der Waals surface area contributed by atoms with Gasteiger partial charge < -0.3 is 38.5 Å². The Morgan fingerprint density at radius 2 is 0.667 bits per heavy atom. The summed E-state index contributed by atoms with van der Waals surface area (Å²) in [5.74, 6) is 0. The molecule has 1 radical (unpaired) electrons. The Hall–Kier alpha value is 0.956. The van der Waals surface area contributed by atoms with Crippen LogP contribution in [-0.2, 0) is 26.2 Å². The molecule has 0 unspecified atom stereocenters. The third kappa shape index (κ3) is 1190. The quantitative estimate of drug-likeness (QED) is 0.309. The van der Waals surface area contributed by atoms with E-state index in [1.807, 2.05) is 0 Å². The largest absolute Gasteiger partial charge is 4.00 e. The predicted octanol–water partition coefficient (Wildman–Crippen LogP) is -6.03. The fourth-order valence-electron chi connectivity index (χ4n) is 0. The maximum Gasteiger partial charge on any atom is 4.00 e. The van der Waals surface area contributed by atoms with Crippen LogP contribution in [0.1, 0.15) is 0 Å². The molecule has 0 N–H and O–H groups in total. The average Bonchev–Trinajstić information content (AvgIpc) is 1.12. The van der Waals surface area contributed by atoms with Crippen molar-refractivity contribution in [2.24, 2.45) is 0 Å². The second-order valence-electron chi connectivity index (χ2n) is 0.894. The van der Waals surface area contributed by atoms with E-state index in [0.717, 1.165) is 0 Å². The molecule has 0 bridgehead atoms. The standard InChI is InChI=1S/Mn.2H3O4P.Si/c;2*1-5(2,3)4;/h;2*(H3,1,2,3,4);/q+2;;;+4/p-6. The first kappa shape index (κ1) is 23.1. The van der Waals surface area contributed by atoms with Gasteiger partial charge in [0.15, 0.2) is 0 Å². The Balaban J connectivity index is -0.0000000457. The Morgan fingerprint density at radius 3 is 0.667 bits per heavy atom. The van der Waals surface area contributed by atoms with Gasteiger partial charge in [-0.3, -0.25) is 0 Å². The Labute approximate surface area is 82.6 Å².